The second kappa shape index (κ2) is 6.08. The van der Waals surface area contributed by atoms with E-state index in [1.54, 1.807) is 0 Å². The second-order valence-corrected chi connectivity index (χ2v) is 7.18. The average Bonchev–Trinajstić information content (AvgIpc) is 2.95. The van der Waals surface area contributed by atoms with Gasteiger partial charge in [-0.05, 0) is 37.8 Å². The van der Waals surface area contributed by atoms with Crippen molar-refractivity contribution in [2.75, 3.05) is 7.05 Å². The molecule has 0 aromatic carbocycles. The maximum absolute atomic E-state index is 4.79. The Labute approximate surface area is 117 Å². The van der Waals surface area contributed by atoms with Gasteiger partial charge in [-0.25, -0.2) is 0 Å². The minimum atomic E-state index is 0.363. The number of hydrogen-bond acceptors (Lipinski definition) is 2. The highest BCUT2D eigenvalue weighted by atomic mass is 15.3. The molecule has 19 heavy (non-hydrogen) atoms. The molecule has 0 aliphatic heterocycles. The van der Waals surface area contributed by atoms with E-state index >= 15 is 0 Å². The van der Waals surface area contributed by atoms with Gasteiger partial charge in [0.25, 0.3) is 0 Å². The van der Waals surface area contributed by atoms with E-state index in [4.69, 9.17) is 5.10 Å². The maximum Gasteiger partial charge on any atom is 0.0640 e. The summed E-state index contributed by atoms with van der Waals surface area (Å²) < 4.78 is 2.20. The molecule has 1 fully saturated rings. The van der Waals surface area contributed by atoms with E-state index in [2.05, 4.69) is 50.1 Å². The van der Waals surface area contributed by atoms with Gasteiger partial charge in [-0.2, -0.15) is 5.10 Å². The summed E-state index contributed by atoms with van der Waals surface area (Å²) in [6.45, 7) is 6.90. The van der Waals surface area contributed by atoms with E-state index in [-0.39, 0.29) is 0 Å². The Bertz CT molecular complexity index is 383. The van der Waals surface area contributed by atoms with Gasteiger partial charge in [0.1, 0.15) is 0 Å². The Kier molecular flexibility index (Phi) is 4.67. The quantitative estimate of drug-likeness (QED) is 0.880. The molecule has 0 amide bonds. The first-order valence-corrected chi connectivity index (χ1v) is 7.69. The zero-order chi connectivity index (χ0) is 13.9. The number of aromatic nitrogens is 2. The Morgan fingerprint density at radius 1 is 1.37 bits per heavy atom. The molecular weight excluding hydrogens is 234 g/mol. The third kappa shape index (κ3) is 4.34. The predicted molar refractivity (Wildman–Crippen MR) is 80.4 cm³/mol. The van der Waals surface area contributed by atoms with E-state index < -0.39 is 0 Å². The van der Waals surface area contributed by atoms with Crippen LogP contribution in [0.1, 0.15) is 64.6 Å². The van der Waals surface area contributed by atoms with Gasteiger partial charge in [-0.3, -0.25) is 4.68 Å². The molecule has 1 aromatic heterocycles. The molecule has 108 valence electrons. The van der Waals surface area contributed by atoms with Crippen LogP contribution in [-0.2, 0) is 6.42 Å². The lowest BCUT2D eigenvalue weighted by Crippen LogP contribution is -2.32. The first-order chi connectivity index (χ1) is 8.98. The molecule has 1 heterocycles. The van der Waals surface area contributed by atoms with Gasteiger partial charge in [0.2, 0.25) is 0 Å². The standard InChI is InChI=1S/C16H29N3/c1-16(2,3)12-14(17-4)11-13-9-10-19(18-13)15-7-5-6-8-15/h9-10,14-15,17H,5-8,11-12H2,1-4H3. The molecule has 1 aliphatic carbocycles. The van der Waals surface area contributed by atoms with Crippen molar-refractivity contribution >= 4 is 0 Å². The van der Waals surface area contributed by atoms with Gasteiger partial charge in [0.15, 0.2) is 0 Å². The summed E-state index contributed by atoms with van der Waals surface area (Å²) in [5, 5.41) is 8.22. The molecule has 0 bridgehead atoms. The fourth-order valence-electron chi connectivity index (χ4n) is 3.13. The average molecular weight is 263 g/mol. The first-order valence-electron chi connectivity index (χ1n) is 7.69. The largest absolute Gasteiger partial charge is 0.317 e. The number of likely N-dealkylation sites (N-methyl/N-ethyl adjacent to an activating group) is 1. The third-order valence-electron chi connectivity index (χ3n) is 4.08. The van der Waals surface area contributed by atoms with Crippen molar-refractivity contribution in [1.29, 1.82) is 0 Å². The van der Waals surface area contributed by atoms with Crippen molar-refractivity contribution in [3.8, 4) is 0 Å². The van der Waals surface area contributed by atoms with Crippen molar-refractivity contribution in [1.82, 2.24) is 15.1 Å². The predicted octanol–water partition coefficient (Wildman–Crippen LogP) is 3.56. The summed E-state index contributed by atoms with van der Waals surface area (Å²) >= 11 is 0. The molecular formula is C16H29N3. The lowest BCUT2D eigenvalue weighted by Gasteiger charge is -2.25. The number of nitrogens with one attached hydrogen (secondary N) is 1. The van der Waals surface area contributed by atoms with Gasteiger partial charge in [0.05, 0.1) is 11.7 Å². The summed E-state index contributed by atoms with van der Waals surface area (Å²) in [6, 6.07) is 3.38. The molecule has 2 rings (SSSR count). The van der Waals surface area contributed by atoms with Crippen LogP contribution in [0.5, 0.6) is 0 Å². The SMILES string of the molecule is CNC(Cc1ccn(C2CCCC2)n1)CC(C)(C)C. The highest BCUT2D eigenvalue weighted by Gasteiger charge is 2.20. The molecule has 1 saturated carbocycles. The highest BCUT2D eigenvalue weighted by molar-refractivity contribution is 5.03. The van der Waals surface area contributed by atoms with Crippen molar-refractivity contribution in [3.63, 3.8) is 0 Å². The molecule has 1 aliphatic rings. The Balaban J connectivity index is 1.94. The Morgan fingerprint density at radius 3 is 2.63 bits per heavy atom. The summed E-state index contributed by atoms with van der Waals surface area (Å²) in [6.07, 6.45) is 9.73. The van der Waals surface area contributed by atoms with Gasteiger partial charge >= 0.3 is 0 Å². The topological polar surface area (TPSA) is 29.9 Å². The molecule has 3 heteroatoms. The van der Waals surface area contributed by atoms with Crippen LogP contribution in [-0.4, -0.2) is 22.9 Å². The smallest absolute Gasteiger partial charge is 0.0640 e. The molecule has 1 N–H and O–H groups in total. The summed E-state index contributed by atoms with van der Waals surface area (Å²) in [5.74, 6) is 0. The first kappa shape index (κ1) is 14.6. The number of nitrogens with zero attached hydrogens (tertiary/aromatic N) is 2. The van der Waals surface area contributed by atoms with Crippen LogP contribution in [0.4, 0.5) is 0 Å². The lowest BCUT2D eigenvalue weighted by atomic mass is 9.86. The molecule has 1 aromatic rings. The van der Waals surface area contributed by atoms with Crippen LogP contribution >= 0.6 is 0 Å². The summed E-state index contributed by atoms with van der Waals surface area (Å²) in [5.41, 5.74) is 1.59. The highest BCUT2D eigenvalue weighted by Crippen LogP contribution is 2.29. The van der Waals surface area contributed by atoms with Gasteiger partial charge in [0, 0.05) is 18.7 Å². The van der Waals surface area contributed by atoms with Crippen molar-refractivity contribution in [3.05, 3.63) is 18.0 Å². The summed E-state index contributed by atoms with van der Waals surface area (Å²) in [7, 11) is 2.06. The lowest BCUT2D eigenvalue weighted by molar-refractivity contribution is 0.314. The maximum atomic E-state index is 4.79. The fraction of sp³-hybridized carbons (Fsp3) is 0.812. The van der Waals surface area contributed by atoms with Crippen LogP contribution in [0.2, 0.25) is 0 Å². The van der Waals surface area contributed by atoms with Crippen molar-refractivity contribution in [2.45, 2.75) is 71.4 Å². The number of rotatable bonds is 5. The molecule has 3 nitrogen and oxygen atoms in total. The zero-order valence-electron chi connectivity index (χ0n) is 12.9. The third-order valence-corrected chi connectivity index (χ3v) is 4.08. The van der Waals surface area contributed by atoms with Gasteiger partial charge in [-0.15, -0.1) is 0 Å². The minimum absolute atomic E-state index is 0.363. The zero-order valence-corrected chi connectivity index (χ0v) is 12.9. The summed E-state index contributed by atoms with van der Waals surface area (Å²) in [4.78, 5) is 0. The fourth-order valence-corrected chi connectivity index (χ4v) is 3.13. The van der Waals surface area contributed by atoms with Crippen molar-refractivity contribution in [2.24, 2.45) is 5.41 Å². The van der Waals surface area contributed by atoms with Crippen molar-refractivity contribution < 1.29 is 0 Å². The van der Waals surface area contributed by atoms with Gasteiger partial charge in [-0.1, -0.05) is 33.6 Å². The molecule has 1 unspecified atom stereocenters. The monoisotopic (exact) mass is 263 g/mol. The van der Waals surface area contributed by atoms with Crippen LogP contribution in [0.15, 0.2) is 12.3 Å². The Morgan fingerprint density at radius 2 is 2.05 bits per heavy atom. The van der Waals surface area contributed by atoms with E-state index in [1.165, 1.54) is 37.8 Å². The van der Waals surface area contributed by atoms with Crippen LogP contribution < -0.4 is 5.32 Å². The van der Waals surface area contributed by atoms with Crippen LogP contribution in [0.3, 0.4) is 0 Å². The normalized spacial score (nSPS) is 18.9. The molecule has 0 spiro atoms. The second-order valence-electron chi connectivity index (χ2n) is 7.18. The van der Waals surface area contributed by atoms with E-state index in [0.717, 1.165) is 6.42 Å². The Hall–Kier alpha value is -0.830. The molecule has 0 radical (unpaired) electrons. The minimum Gasteiger partial charge on any atom is -0.317 e. The van der Waals surface area contributed by atoms with E-state index in [0.29, 0.717) is 17.5 Å². The molecule has 0 saturated heterocycles. The van der Waals surface area contributed by atoms with Gasteiger partial charge < -0.3 is 5.32 Å². The van der Waals surface area contributed by atoms with Crippen LogP contribution in [0, 0.1) is 5.41 Å². The molecule has 1 atom stereocenters. The van der Waals surface area contributed by atoms with Crippen LogP contribution in [0.25, 0.3) is 0 Å². The number of hydrogen-bond donors (Lipinski definition) is 1. The van der Waals surface area contributed by atoms with E-state index in [1.807, 2.05) is 0 Å². The van der Waals surface area contributed by atoms with E-state index in [9.17, 15) is 0 Å².